The zero-order chi connectivity index (χ0) is 19.7. The van der Waals surface area contributed by atoms with Gasteiger partial charge in [0.15, 0.2) is 5.82 Å². The molecule has 8 heteroatoms. The highest BCUT2D eigenvalue weighted by Gasteiger charge is 2.33. The van der Waals surface area contributed by atoms with E-state index >= 15 is 0 Å². The summed E-state index contributed by atoms with van der Waals surface area (Å²) in [5.41, 5.74) is 3.17. The molecule has 0 aliphatic carbocycles. The van der Waals surface area contributed by atoms with E-state index in [9.17, 15) is 4.79 Å². The van der Waals surface area contributed by atoms with Crippen molar-refractivity contribution in [3.8, 4) is 11.4 Å². The first kappa shape index (κ1) is 18.7. The van der Waals surface area contributed by atoms with Crippen LogP contribution in [0.3, 0.4) is 0 Å². The van der Waals surface area contributed by atoms with Crippen molar-refractivity contribution < 1.29 is 14.3 Å². The van der Waals surface area contributed by atoms with Crippen LogP contribution in [0.15, 0.2) is 18.7 Å². The van der Waals surface area contributed by atoms with Crippen molar-refractivity contribution in [1.29, 1.82) is 0 Å². The van der Waals surface area contributed by atoms with Crippen molar-refractivity contribution in [3.63, 3.8) is 0 Å². The molecule has 0 saturated carbocycles. The SMILES string of the molecule is CC(C)(C)OC(=O)N1Cc2nc(-c3cncnc3)nc(C3CCOCC3)c2C1. The standard InChI is InChI=1S/C20H25N5O3/c1-20(2,3)28-19(26)25-10-15-16(11-25)23-18(14-8-21-12-22-9-14)24-17(15)13-4-6-27-7-5-13/h8-9,12-13H,4-7,10-11H2,1-3H3. The highest BCUT2D eigenvalue weighted by atomic mass is 16.6. The van der Waals surface area contributed by atoms with Crippen LogP contribution in [0.1, 0.15) is 56.5 Å². The first-order valence-corrected chi connectivity index (χ1v) is 9.61. The van der Waals surface area contributed by atoms with Gasteiger partial charge in [-0.3, -0.25) is 4.90 Å². The number of ether oxygens (including phenoxy) is 2. The minimum atomic E-state index is -0.534. The van der Waals surface area contributed by atoms with Crippen molar-refractivity contribution in [2.45, 2.75) is 58.2 Å². The molecule has 1 saturated heterocycles. The Balaban J connectivity index is 1.69. The molecule has 0 aromatic carbocycles. The van der Waals surface area contributed by atoms with Gasteiger partial charge in [-0.1, -0.05) is 0 Å². The van der Waals surface area contributed by atoms with Crippen molar-refractivity contribution in [2.75, 3.05) is 13.2 Å². The lowest BCUT2D eigenvalue weighted by Gasteiger charge is -2.25. The average molecular weight is 383 g/mol. The van der Waals surface area contributed by atoms with Crippen molar-refractivity contribution in [2.24, 2.45) is 0 Å². The zero-order valence-electron chi connectivity index (χ0n) is 16.5. The number of hydrogen-bond donors (Lipinski definition) is 0. The van der Waals surface area contributed by atoms with Gasteiger partial charge in [0.05, 0.1) is 30.0 Å². The fraction of sp³-hybridized carbons (Fsp3) is 0.550. The fourth-order valence-corrected chi connectivity index (χ4v) is 3.59. The lowest BCUT2D eigenvalue weighted by molar-refractivity contribution is 0.0240. The number of aromatic nitrogens is 4. The Kier molecular flexibility index (Phi) is 4.97. The van der Waals surface area contributed by atoms with Crippen LogP contribution < -0.4 is 0 Å². The smallest absolute Gasteiger partial charge is 0.410 e. The van der Waals surface area contributed by atoms with Crippen molar-refractivity contribution >= 4 is 6.09 Å². The van der Waals surface area contributed by atoms with Crippen LogP contribution in [-0.4, -0.2) is 49.7 Å². The molecule has 2 aromatic heterocycles. The summed E-state index contributed by atoms with van der Waals surface area (Å²) in [6.07, 6.45) is 6.42. The Morgan fingerprint density at radius 3 is 2.54 bits per heavy atom. The molecule has 0 radical (unpaired) electrons. The van der Waals surface area contributed by atoms with E-state index in [1.165, 1.54) is 6.33 Å². The number of carbonyl (C=O) groups excluding carboxylic acids is 1. The molecule has 2 aromatic rings. The van der Waals surface area contributed by atoms with Crippen LogP contribution in [0.2, 0.25) is 0 Å². The summed E-state index contributed by atoms with van der Waals surface area (Å²) in [5, 5.41) is 0. The second kappa shape index (κ2) is 7.43. The van der Waals surface area contributed by atoms with Crippen LogP contribution in [0.5, 0.6) is 0 Å². The molecule has 2 aliphatic heterocycles. The molecule has 0 bridgehead atoms. The van der Waals surface area contributed by atoms with Gasteiger partial charge < -0.3 is 9.47 Å². The molecule has 28 heavy (non-hydrogen) atoms. The highest BCUT2D eigenvalue weighted by Crippen LogP contribution is 2.35. The minimum Gasteiger partial charge on any atom is -0.444 e. The molecule has 1 amide bonds. The summed E-state index contributed by atoms with van der Waals surface area (Å²) in [6, 6.07) is 0. The summed E-state index contributed by atoms with van der Waals surface area (Å²) in [5.74, 6) is 0.902. The Hall–Kier alpha value is -2.61. The number of carbonyl (C=O) groups is 1. The van der Waals surface area contributed by atoms with Crippen molar-refractivity contribution in [1.82, 2.24) is 24.8 Å². The van der Waals surface area contributed by atoms with E-state index in [0.29, 0.717) is 24.8 Å². The molecule has 1 fully saturated rings. The first-order valence-electron chi connectivity index (χ1n) is 9.61. The van der Waals surface area contributed by atoms with Crippen LogP contribution in [-0.2, 0) is 22.6 Å². The van der Waals surface area contributed by atoms with Gasteiger partial charge in [0, 0.05) is 37.1 Å². The number of hydrogen-bond acceptors (Lipinski definition) is 7. The first-order chi connectivity index (χ1) is 13.4. The van der Waals surface area contributed by atoms with Gasteiger partial charge >= 0.3 is 6.09 Å². The molecule has 8 nitrogen and oxygen atoms in total. The second-order valence-electron chi connectivity index (χ2n) is 8.21. The molecule has 2 aliphatic rings. The lowest BCUT2D eigenvalue weighted by Crippen LogP contribution is -2.33. The maximum absolute atomic E-state index is 12.6. The van der Waals surface area contributed by atoms with Gasteiger partial charge in [0.25, 0.3) is 0 Å². The van der Waals surface area contributed by atoms with Crippen molar-refractivity contribution in [3.05, 3.63) is 35.7 Å². The van der Waals surface area contributed by atoms with Crippen LogP contribution in [0.25, 0.3) is 11.4 Å². The number of amides is 1. The summed E-state index contributed by atoms with van der Waals surface area (Å²) in [4.78, 5) is 32.1. The van der Waals surface area contributed by atoms with Gasteiger partial charge in [0.1, 0.15) is 11.9 Å². The zero-order valence-corrected chi connectivity index (χ0v) is 16.5. The van der Waals surface area contributed by atoms with E-state index < -0.39 is 5.60 Å². The van der Waals surface area contributed by atoms with E-state index in [-0.39, 0.29) is 6.09 Å². The third-order valence-corrected chi connectivity index (χ3v) is 4.89. The highest BCUT2D eigenvalue weighted by molar-refractivity contribution is 5.69. The summed E-state index contributed by atoms with van der Waals surface area (Å²) in [7, 11) is 0. The Morgan fingerprint density at radius 2 is 1.86 bits per heavy atom. The van der Waals surface area contributed by atoms with Gasteiger partial charge in [-0.15, -0.1) is 0 Å². The average Bonchev–Trinajstić information content (AvgIpc) is 3.12. The van der Waals surface area contributed by atoms with E-state index in [4.69, 9.17) is 19.4 Å². The van der Waals surface area contributed by atoms with Gasteiger partial charge in [0.2, 0.25) is 0 Å². The molecular weight excluding hydrogens is 358 g/mol. The number of nitrogens with zero attached hydrogens (tertiary/aromatic N) is 5. The molecular formula is C20H25N5O3. The topological polar surface area (TPSA) is 90.3 Å². The number of fused-ring (bicyclic) bond motifs is 1. The number of rotatable bonds is 2. The monoisotopic (exact) mass is 383 g/mol. The molecule has 0 unspecified atom stereocenters. The predicted molar refractivity (Wildman–Crippen MR) is 101 cm³/mol. The van der Waals surface area contributed by atoms with Crippen LogP contribution in [0.4, 0.5) is 4.79 Å². The molecule has 0 N–H and O–H groups in total. The summed E-state index contributed by atoms with van der Waals surface area (Å²) < 4.78 is 11.1. The van der Waals surface area contributed by atoms with E-state index in [1.54, 1.807) is 17.3 Å². The normalized spacial score (nSPS) is 17.5. The second-order valence-corrected chi connectivity index (χ2v) is 8.21. The maximum atomic E-state index is 12.6. The Bertz CT molecular complexity index is 860. The lowest BCUT2D eigenvalue weighted by atomic mass is 9.92. The van der Waals surface area contributed by atoms with E-state index in [1.807, 2.05) is 20.8 Å². The Morgan fingerprint density at radius 1 is 1.14 bits per heavy atom. The molecule has 0 atom stereocenters. The van der Waals surface area contributed by atoms with E-state index in [2.05, 4.69) is 9.97 Å². The minimum absolute atomic E-state index is 0.299. The molecule has 4 heterocycles. The van der Waals surface area contributed by atoms with Gasteiger partial charge in [-0.05, 0) is 33.6 Å². The van der Waals surface area contributed by atoms with Crippen LogP contribution in [0, 0.1) is 0 Å². The molecule has 4 rings (SSSR count). The third-order valence-electron chi connectivity index (χ3n) is 4.89. The quantitative estimate of drug-likeness (QED) is 0.787. The molecule has 148 valence electrons. The third kappa shape index (κ3) is 3.96. The van der Waals surface area contributed by atoms with E-state index in [0.717, 1.165) is 48.6 Å². The molecule has 0 spiro atoms. The van der Waals surface area contributed by atoms with Gasteiger partial charge in [-0.25, -0.2) is 24.7 Å². The fourth-order valence-electron chi connectivity index (χ4n) is 3.59. The summed E-state index contributed by atoms with van der Waals surface area (Å²) in [6.45, 7) is 7.96. The summed E-state index contributed by atoms with van der Waals surface area (Å²) >= 11 is 0. The Labute approximate surface area is 164 Å². The largest absolute Gasteiger partial charge is 0.444 e. The van der Waals surface area contributed by atoms with Gasteiger partial charge in [-0.2, -0.15) is 0 Å². The van der Waals surface area contributed by atoms with Crippen LogP contribution >= 0.6 is 0 Å². The maximum Gasteiger partial charge on any atom is 0.410 e. The predicted octanol–water partition coefficient (Wildman–Crippen LogP) is 3.08.